The number of amides is 2. The molecule has 3 aromatic rings. The Morgan fingerprint density at radius 1 is 1.18 bits per heavy atom. The van der Waals surface area contributed by atoms with Crippen molar-refractivity contribution in [2.24, 2.45) is 4.99 Å². The fourth-order valence-corrected chi connectivity index (χ4v) is 3.60. The van der Waals surface area contributed by atoms with Crippen molar-refractivity contribution in [1.82, 2.24) is 10.3 Å². The van der Waals surface area contributed by atoms with Gasteiger partial charge in [0.15, 0.2) is 0 Å². The number of fused-ring (bicyclic) bond motifs is 1. The lowest BCUT2D eigenvalue weighted by Gasteiger charge is -2.09. The van der Waals surface area contributed by atoms with Gasteiger partial charge in [0.25, 0.3) is 0 Å². The summed E-state index contributed by atoms with van der Waals surface area (Å²) in [6.07, 6.45) is 4.61. The standard InChI is InChI=1S/C22H24N4OS.2H2/c1-3-16(13-14-23-4-2)15-24-22(27)25-18-11-9-17(10-12-18)21-26-19-7-5-6-8-20(19)28-21;;/h5-14H,3-4,15H2,1-2H3,(H2,24,25,27);2*1H/b16-13+,23-14?;;. The molecule has 1 aromatic heterocycles. The maximum Gasteiger partial charge on any atom is 0.319 e. The van der Waals surface area contributed by atoms with Crippen LogP contribution in [-0.4, -0.2) is 30.3 Å². The molecule has 0 saturated carbocycles. The van der Waals surface area contributed by atoms with Crippen LogP contribution in [0.4, 0.5) is 10.5 Å². The highest BCUT2D eigenvalue weighted by Gasteiger charge is 2.07. The fourth-order valence-electron chi connectivity index (χ4n) is 2.63. The molecule has 0 aliphatic heterocycles. The van der Waals surface area contributed by atoms with E-state index in [0.29, 0.717) is 6.54 Å². The zero-order chi connectivity index (χ0) is 19.8. The van der Waals surface area contributed by atoms with Crippen molar-refractivity contribution in [2.75, 3.05) is 18.4 Å². The van der Waals surface area contributed by atoms with E-state index in [1.165, 1.54) is 4.70 Å². The van der Waals surface area contributed by atoms with E-state index in [1.807, 2.05) is 55.5 Å². The zero-order valence-corrected chi connectivity index (χ0v) is 16.9. The van der Waals surface area contributed by atoms with Gasteiger partial charge in [0.1, 0.15) is 5.01 Å². The van der Waals surface area contributed by atoms with Gasteiger partial charge < -0.3 is 10.6 Å². The molecule has 2 N–H and O–H groups in total. The van der Waals surface area contributed by atoms with Crippen LogP contribution in [-0.2, 0) is 0 Å². The van der Waals surface area contributed by atoms with Crippen molar-refractivity contribution in [2.45, 2.75) is 20.3 Å². The second-order valence-corrected chi connectivity index (χ2v) is 7.23. The summed E-state index contributed by atoms with van der Waals surface area (Å²) in [6.45, 7) is 5.31. The number of allylic oxidation sites excluding steroid dienone is 1. The number of thiazole rings is 1. The van der Waals surface area contributed by atoms with E-state index >= 15 is 0 Å². The molecule has 2 aromatic carbocycles. The molecule has 0 bridgehead atoms. The Labute approximate surface area is 172 Å². The summed E-state index contributed by atoms with van der Waals surface area (Å²) in [7, 11) is 0. The third-order valence-electron chi connectivity index (χ3n) is 4.21. The Hall–Kier alpha value is -2.99. The molecule has 0 unspecified atom stereocenters. The first-order valence-electron chi connectivity index (χ1n) is 9.38. The second kappa shape index (κ2) is 9.80. The molecule has 0 aliphatic rings. The van der Waals surface area contributed by atoms with E-state index in [-0.39, 0.29) is 8.88 Å². The Morgan fingerprint density at radius 2 is 1.96 bits per heavy atom. The van der Waals surface area contributed by atoms with Crippen molar-refractivity contribution in [3.63, 3.8) is 0 Å². The summed E-state index contributed by atoms with van der Waals surface area (Å²) in [4.78, 5) is 21.0. The molecule has 5 nitrogen and oxygen atoms in total. The highest BCUT2D eigenvalue weighted by Crippen LogP contribution is 2.30. The quantitative estimate of drug-likeness (QED) is 0.481. The molecule has 2 amide bonds. The fraction of sp³-hybridized carbons (Fsp3) is 0.227. The monoisotopic (exact) mass is 396 g/mol. The van der Waals surface area contributed by atoms with E-state index in [0.717, 1.165) is 40.3 Å². The van der Waals surface area contributed by atoms with Crippen molar-refractivity contribution < 1.29 is 7.65 Å². The average molecular weight is 397 g/mol. The molecule has 0 saturated heterocycles. The second-order valence-electron chi connectivity index (χ2n) is 6.20. The minimum atomic E-state index is -0.223. The molecule has 0 aliphatic carbocycles. The first-order valence-corrected chi connectivity index (χ1v) is 10.2. The molecule has 0 fully saturated rings. The molecule has 6 heteroatoms. The van der Waals surface area contributed by atoms with Crippen LogP contribution < -0.4 is 10.6 Å². The van der Waals surface area contributed by atoms with Gasteiger partial charge in [-0.15, -0.1) is 11.3 Å². The molecule has 1 heterocycles. The zero-order valence-electron chi connectivity index (χ0n) is 16.1. The summed E-state index contributed by atoms with van der Waals surface area (Å²) < 4.78 is 1.17. The van der Waals surface area contributed by atoms with Gasteiger partial charge in [-0.1, -0.05) is 19.1 Å². The number of rotatable bonds is 7. The lowest BCUT2D eigenvalue weighted by atomic mass is 10.2. The third kappa shape index (κ3) is 5.27. The number of anilines is 1. The molecule has 148 valence electrons. The summed E-state index contributed by atoms with van der Waals surface area (Å²) in [5.74, 6) is 0. The number of urea groups is 1. The Kier molecular flexibility index (Phi) is 6.92. The van der Waals surface area contributed by atoms with E-state index in [1.54, 1.807) is 17.6 Å². The molecule has 0 atom stereocenters. The summed E-state index contributed by atoms with van der Waals surface area (Å²) in [5.41, 5.74) is 3.92. The predicted molar refractivity (Wildman–Crippen MR) is 124 cm³/mol. The largest absolute Gasteiger partial charge is 0.334 e. The van der Waals surface area contributed by atoms with Crippen LogP contribution in [0.3, 0.4) is 0 Å². The SMILES string of the molecule is CCN=C/C=C(\CC)CNC(=O)Nc1ccc(-c2nc3ccccc3s2)cc1.[HH].[HH]. The predicted octanol–water partition coefficient (Wildman–Crippen LogP) is 6.00. The molecular weight excluding hydrogens is 368 g/mol. The molecule has 28 heavy (non-hydrogen) atoms. The van der Waals surface area contributed by atoms with Gasteiger partial charge in [0.05, 0.1) is 10.2 Å². The van der Waals surface area contributed by atoms with E-state index in [9.17, 15) is 4.79 Å². The number of para-hydroxylation sites is 1. The van der Waals surface area contributed by atoms with Crippen LogP contribution in [0.15, 0.2) is 65.2 Å². The summed E-state index contributed by atoms with van der Waals surface area (Å²) >= 11 is 1.66. The van der Waals surface area contributed by atoms with Gasteiger partial charge in [0.2, 0.25) is 0 Å². The first-order chi connectivity index (χ1) is 13.7. The van der Waals surface area contributed by atoms with Crippen molar-refractivity contribution >= 4 is 39.5 Å². The lowest BCUT2D eigenvalue weighted by Crippen LogP contribution is -2.30. The summed E-state index contributed by atoms with van der Waals surface area (Å²) in [5, 5.41) is 6.72. The average Bonchev–Trinajstić information content (AvgIpc) is 3.15. The van der Waals surface area contributed by atoms with Crippen LogP contribution in [0, 0.1) is 0 Å². The van der Waals surface area contributed by atoms with Crippen molar-refractivity contribution in [3.8, 4) is 10.6 Å². The van der Waals surface area contributed by atoms with E-state index < -0.39 is 0 Å². The van der Waals surface area contributed by atoms with Gasteiger partial charge in [-0.05, 0) is 61.4 Å². The molecule has 0 radical (unpaired) electrons. The smallest absolute Gasteiger partial charge is 0.319 e. The number of hydrogen-bond acceptors (Lipinski definition) is 4. The third-order valence-corrected chi connectivity index (χ3v) is 5.30. The van der Waals surface area contributed by atoms with E-state index in [4.69, 9.17) is 0 Å². The maximum absolute atomic E-state index is 12.1. The Balaban J connectivity index is 0.00000225. The minimum Gasteiger partial charge on any atom is -0.334 e. The van der Waals surface area contributed by atoms with Gasteiger partial charge in [0, 0.05) is 33.4 Å². The minimum absolute atomic E-state index is 0. The van der Waals surface area contributed by atoms with Crippen LogP contribution in [0.5, 0.6) is 0 Å². The van der Waals surface area contributed by atoms with Gasteiger partial charge in [-0.3, -0.25) is 4.99 Å². The van der Waals surface area contributed by atoms with E-state index in [2.05, 4.69) is 33.6 Å². The van der Waals surface area contributed by atoms with Gasteiger partial charge in [-0.2, -0.15) is 0 Å². The molecule has 3 rings (SSSR count). The number of hydrogen-bond donors (Lipinski definition) is 2. The highest BCUT2D eigenvalue weighted by molar-refractivity contribution is 7.21. The van der Waals surface area contributed by atoms with Crippen LogP contribution >= 0.6 is 11.3 Å². The number of aromatic nitrogens is 1. The summed E-state index contributed by atoms with van der Waals surface area (Å²) in [6, 6.07) is 15.6. The first kappa shape index (κ1) is 19.8. The van der Waals surface area contributed by atoms with Crippen molar-refractivity contribution in [1.29, 1.82) is 0 Å². The Bertz CT molecular complexity index is 967. The normalized spacial score (nSPS) is 11.9. The number of benzene rings is 2. The number of carbonyl (C=O) groups excluding carboxylic acids is 1. The van der Waals surface area contributed by atoms with Crippen LogP contribution in [0.1, 0.15) is 23.1 Å². The Morgan fingerprint density at radius 3 is 2.68 bits per heavy atom. The topological polar surface area (TPSA) is 66.4 Å². The number of carbonyl (C=O) groups is 1. The number of nitrogens with zero attached hydrogens (tertiary/aromatic N) is 2. The molecule has 0 spiro atoms. The molecular formula is C22H28N4OS. The number of nitrogens with one attached hydrogen (secondary N) is 2. The highest BCUT2D eigenvalue weighted by atomic mass is 32.1. The maximum atomic E-state index is 12.1. The van der Waals surface area contributed by atoms with Gasteiger partial charge >= 0.3 is 6.03 Å². The van der Waals surface area contributed by atoms with Crippen molar-refractivity contribution in [3.05, 3.63) is 60.2 Å². The van der Waals surface area contributed by atoms with Gasteiger partial charge in [-0.25, -0.2) is 9.78 Å². The lowest BCUT2D eigenvalue weighted by molar-refractivity contribution is 0.253. The van der Waals surface area contributed by atoms with Crippen LogP contribution in [0.25, 0.3) is 20.8 Å². The number of aliphatic imine (C=N–C) groups is 1. The van der Waals surface area contributed by atoms with Crippen LogP contribution in [0.2, 0.25) is 0 Å².